The number of aryl methyl sites for hydroxylation is 1. The van der Waals surface area contributed by atoms with E-state index in [9.17, 15) is 9.59 Å². The fraction of sp³-hybridized carbons (Fsp3) is 0.400. The number of aromatic nitrogens is 3. The zero-order chi connectivity index (χ0) is 21.9. The Morgan fingerprint density at radius 1 is 1.09 bits per heavy atom. The molecule has 2 aliphatic heterocycles. The third-order valence-electron chi connectivity index (χ3n) is 6.44. The third-order valence-corrected chi connectivity index (χ3v) is 6.44. The normalized spacial score (nSPS) is 18.0. The molecule has 166 valence electrons. The second-order valence-corrected chi connectivity index (χ2v) is 8.52. The first-order valence-electron chi connectivity index (χ1n) is 11.4. The minimum atomic E-state index is -0.338. The van der Waals surface area contributed by atoms with Crippen LogP contribution in [0.5, 0.6) is 0 Å². The van der Waals surface area contributed by atoms with E-state index in [1.165, 1.54) is 5.56 Å². The monoisotopic (exact) mass is 432 g/mol. The van der Waals surface area contributed by atoms with Crippen molar-refractivity contribution in [3.63, 3.8) is 0 Å². The van der Waals surface area contributed by atoms with Gasteiger partial charge in [0.15, 0.2) is 0 Å². The highest BCUT2D eigenvalue weighted by atomic mass is 16.5. The average Bonchev–Trinajstić information content (AvgIpc) is 3.46. The van der Waals surface area contributed by atoms with Gasteiger partial charge in [-0.05, 0) is 42.9 Å². The first-order chi connectivity index (χ1) is 15.7. The molecule has 0 radical (unpaired) electrons. The summed E-state index contributed by atoms with van der Waals surface area (Å²) >= 11 is 0. The van der Waals surface area contributed by atoms with Crippen LogP contribution in [0.3, 0.4) is 0 Å². The number of amides is 1. The molecule has 1 amide bonds. The summed E-state index contributed by atoms with van der Waals surface area (Å²) in [6.07, 6.45) is 6.30. The first-order valence-corrected chi connectivity index (χ1v) is 11.4. The molecule has 0 N–H and O–H groups in total. The fourth-order valence-electron chi connectivity index (χ4n) is 4.74. The number of carbonyl (C=O) groups excluding carboxylic acids is 1. The molecular formula is C25H28N4O3. The van der Waals surface area contributed by atoms with E-state index in [1.54, 1.807) is 6.20 Å². The Morgan fingerprint density at radius 3 is 2.69 bits per heavy atom. The number of hydrogen-bond donors (Lipinski definition) is 0. The Bertz CT molecular complexity index is 1130. The zero-order valence-electron chi connectivity index (χ0n) is 18.2. The molecule has 1 aromatic carbocycles. The molecule has 4 heterocycles. The summed E-state index contributed by atoms with van der Waals surface area (Å²) in [7, 11) is 0. The summed E-state index contributed by atoms with van der Waals surface area (Å²) in [5.41, 5.74) is 4.05. The van der Waals surface area contributed by atoms with Crippen LogP contribution in [0.1, 0.15) is 35.2 Å². The maximum Gasteiger partial charge on any atom is 0.270 e. The fourth-order valence-corrected chi connectivity index (χ4v) is 4.74. The predicted molar refractivity (Wildman–Crippen MR) is 120 cm³/mol. The second-order valence-electron chi connectivity index (χ2n) is 8.52. The quantitative estimate of drug-likeness (QED) is 0.600. The van der Waals surface area contributed by atoms with E-state index in [1.807, 2.05) is 46.1 Å². The molecule has 1 saturated heterocycles. The van der Waals surface area contributed by atoms with Gasteiger partial charge in [0.1, 0.15) is 6.10 Å². The average molecular weight is 433 g/mol. The van der Waals surface area contributed by atoms with Crippen LogP contribution in [0.4, 0.5) is 0 Å². The van der Waals surface area contributed by atoms with E-state index in [2.05, 4.69) is 21.8 Å². The summed E-state index contributed by atoms with van der Waals surface area (Å²) < 4.78 is 9.54. The predicted octanol–water partition coefficient (Wildman–Crippen LogP) is 2.40. The van der Waals surface area contributed by atoms with Crippen LogP contribution in [-0.4, -0.2) is 44.4 Å². The molecule has 7 heteroatoms. The van der Waals surface area contributed by atoms with Gasteiger partial charge in [-0.3, -0.25) is 19.3 Å². The zero-order valence-corrected chi connectivity index (χ0v) is 18.2. The van der Waals surface area contributed by atoms with Crippen LogP contribution in [0.2, 0.25) is 0 Å². The summed E-state index contributed by atoms with van der Waals surface area (Å²) in [6, 6.07) is 14.1. The van der Waals surface area contributed by atoms with Gasteiger partial charge >= 0.3 is 0 Å². The lowest BCUT2D eigenvalue weighted by atomic mass is 10.1. The number of fused-ring (bicyclic) bond motifs is 1. The van der Waals surface area contributed by atoms with Crippen LogP contribution >= 0.6 is 0 Å². The van der Waals surface area contributed by atoms with Crippen molar-refractivity contribution >= 4 is 5.91 Å². The van der Waals surface area contributed by atoms with Crippen molar-refractivity contribution in [1.29, 1.82) is 0 Å². The summed E-state index contributed by atoms with van der Waals surface area (Å²) in [4.78, 5) is 32.5. The van der Waals surface area contributed by atoms with Crippen molar-refractivity contribution in [3.8, 4) is 0 Å². The van der Waals surface area contributed by atoms with E-state index in [4.69, 9.17) is 4.74 Å². The number of hydrogen-bond acceptors (Lipinski definition) is 4. The van der Waals surface area contributed by atoms with Gasteiger partial charge in [0.05, 0.1) is 18.8 Å². The second kappa shape index (κ2) is 9.12. The molecule has 32 heavy (non-hydrogen) atoms. The van der Waals surface area contributed by atoms with Gasteiger partial charge in [0.2, 0.25) is 0 Å². The number of rotatable bonds is 6. The smallest absolute Gasteiger partial charge is 0.270 e. The topological polar surface area (TPSA) is 69.4 Å². The summed E-state index contributed by atoms with van der Waals surface area (Å²) in [5.74, 6) is 0.0468. The Hall–Kier alpha value is -3.19. The van der Waals surface area contributed by atoms with Crippen molar-refractivity contribution < 1.29 is 9.53 Å². The van der Waals surface area contributed by atoms with Crippen LogP contribution in [-0.2, 0) is 42.0 Å². The van der Waals surface area contributed by atoms with Crippen LogP contribution in [0, 0.1) is 0 Å². The van der Waals surface area contributed by atoms with Gasteiger partial charge in [-0.2, -0.15) is 0 Å². The molecule has 1 fully saturated rings. The van der Waals surface area contributed by atoms with Crippen molar-refractivity contribution in [2.24, 2.45) is 0 Å². The van der Waals surface area contributed by atoms with E-state index in [-0.39, 0.29) is 17.6 Å². The van der Waals surface area contributed by atoms with E-state index >= 15 is 0 Å². The lowest BCUT2D eigenvalue weighted by Gasteiger charge is -2.29. The summed E-state index contributed by atoms with van der Waals surface area (Å²) in [5, 5.41) is 0. The van der Waals surface area contributed by atoms with Gasteiger partial charge < -0.3 is 9.64 Å². The highest BCUT2D eigenvalue weighted by Gasteiger charge is 2.33. The molecule has 7 nitrogen and oxygen atoms in total. The molecule has 2 aromatic heterocycles. The third kappa shape index (κ3) is 4.12. The highest BCUT2D eigenvalue weighted by molar-refractivity contribution is 5.81. The summed E-state index contributed by atoms with van der Waals surface area (Å²) in [6.45, 7) is 2.81. The van der Waals surface area contributed by atoms with Crippen molar-refractivity contribution in [1.82, 2.24) is 19.2 Å². The minimum Gasteiger partial charge on any atom is -0.368 e. The van der Waals surface area contributed by atoms with Gasteiger partial charge in [-0.1, -0.05) is 36.4 Å². The maximum absolute atomic E-state index is 13.4. The van der Waals surface area contributed by atoms with E-state index in [0.717, 1.165) is 36.1 Å². The minimum absolute atomic E-state index is 0.0468. The van der Waals surface area contributed by atoms with Crippen molar-refractivity contribution in [2.45, 2.75) is 51.4 Å². The van der Waals surface area contributed by atoms with E-state index < -0.39 is 0 Å². The number of benzene rings is 1. The lowest BCUT2D eigenvalue weighted by Crippen LogP contribution is -2.42. The van der Waals surface area contributed by atoms with Gasteiger partial charge in [0.25, 0.3) is 11.5 Å². The van der Waals surface area contributed by atoms with Crippen LogP contribution in [0.25, 0.3) is 0 Å². The molecule has 0 aliphatic carbocycles. The molecule has 5 rings (SSSR count). The molecule has 2 aliphatic rings. The molecule has 1 unspecified atom stereocenters. The Morgan fingerprint density at radius 2 is 1.94 bits per heavy atom. The number of carbonyl (C=O) groups is 1. The molecule has 1 atom stereocenters. The van der Waals surface area contributed by atoms with Gasteiger partial charge in [0, 0.05) is 37.7 Å². The lowest BCUT2D eigenvalue weighted by molar-refractivity contribution is -0.142. The standard InChI is InChI=1S/C25H28N4O3/c30-24-21-11-13-27(25(31)23-9-5-15-32-23)18-22(21)29(17-20-8-4-12-26-16-20)28(24)14-10-19-6-2-1-3-7-19/h1-4,6-8,12,16,23H,5,9-11,13-15,17-18H2. The molecular weight excluding hydrogens is 404 g/mol. The Kier molecular flexibility index (Phi) is 5.90. The maximum atomic E-state index is 13.4. The number of ether oxygens (including phenoxy) is 1. The molecule has 3 aromatic rings. The van der Waals surface area contributed by atoms with Crippen molar-refractivity contribution in [2.75, 3.05) is 13.2 Å². The molecule has 0 bridgehead atoms. The number of nitrogens with zero attached hydrogens (tertiary/aromatic N) is 4. The van der Waals surface area contributed by atoms with E-state index in [0.29, 0.717) is 39.2 Å². The molecule has 0 spiro atoms. The largest absolute Gasteiger partial charge is 0.368 e. The first kappa shape index (κ1) is 20.7. The number of pyridine rings is 1. The van der Waals surface area contributed by atoms with Crippen LogP contribution in [0.15, 0.2) is 59.7 Å². The Labute approximate surface area is 187 Å². The van der Waals surface area contributed by atoms with Gasteiger partial charge in [-0.25, -0.2) is 4.68 Å². The van der Waals surface area contributed by atoms with Gasteiger partial charge in [-0.15, -0.1) is 0 Å². The highest BCUT2D eigenvalue weighted by Crippen LogP contribution is 2.22. The Balaban J connectivity index is 1.47. The van der Waals surface area contributed by atoms with Crippen LogP contribution < -0.4 is 5.56 Å². The molecule has 0 saturated carbocycles. The van der Waals surface area contributed by atoms with Crippen molar-refractivity contribution in [3.05, 3.63) is 87.6 Å². The SMILES string of the molecule is O=C(C1CCCO1)N1CCc2c(n(Cc3cccnc3)n(CCc3ccccc3)c2=O)C1.